The molecular formula is C27H31N3O4. The standard InChI is InChI=1S/C27H31N3O4/c1-27(2,3)30-26(32)20-12-14-21(15-13-20)29-25(31)19-28-22-8-7-11-24(18-22)34-17-16-33-23-9-5-4-6-10-23/h4-15,18,28H,16-17,19H2,1-3H3,(H,29,31)(H,30,32). The summed E-state index contributed by atoms with van der Waals surface area (Å²) in [6.07, 6.45) is 0. The lowest BCUT2D eigenvalue weighted by molar-refractivity contribution is -0.114. The number of anilines is 2. The fourth-order valence-electron chi connectivity index (χ4n) is 3.04. The summed E-state index contributed by atoms with van der Waals surface area (Å²) in [6.45, 7) is 6.70. The molecule has 0 spiro atoms. The van der Waals surface area contributed by atoms with Crippen LogP contribution >= 0.6 is 0 Å². The number of hydrogen-bond donors (Lipinski definition) is 3. The number of nitrogens with one attached hydrogen (secondary N) is 3. The summed E-state index contributed by atoms with van der Waals surface area (Å²) in [5.41, 5.74) is 1.62. The van der Waals surface area contributed by atoms with Crippen LogP contribution in [0, 0.1) is 0 Å². The van der Waals surface area contributed by atoms with Crippen molar-refractivity contribution in [3.8, 4) is 11.5 Å². The second-order valence-electron chi connectivity index (χ2n) is 8.72. The van der Waals surface area contributed by atoms with Crippen molar-refractivity contribution >= 4 is 23.2 Å². The number of carbonyl (C=O) groups is 2. The molecule has 3 aromatic carbocycles. The van der Waals surface area contributed by atoms with E-state index in [1.807, 2.05) is 75.4 Å². The van der Waals surface area contributed by atoms with Crippen LogP contribution in [0.25, 0.3) is 0 Å². The van der Waals surface area contributed by atoms with Crippen molar-refractivity contribution in [2.75, 3.05) is 30.4 Å². The smallest absolute Gasteiger partial charge is 0.251 e. The maximum absolute atomic E-state index is 12.3. The van der Waals surface area contributed by atoms with Gasteiger partial charge in [0, 0.05) is 28.5 Å². The second kappa shape index (κ2) is 11.7. The number of para-hydroxylation sites is 1. The molecule has 0 bridgehead atoms. The van der Waals surface area contributed by atoms with E-state index < -0.39 is 0 Å². The lowest BCUT2D eigenvalue weighted by atomic mass is 10.1. The van der Waals surface area contributed by atoms with Gasteiger partial charge in [0.25, 0.3) is 5.91 Å². The largest absolute Gasteiger partial charge is 0.490 e. The van der Waals surface area contributed by atoms with Crippen molar-refractivity contribution in [3.63, 3.8) is 0 Å². The Morgan fingerprint density at radius 2 is 1.41 bits per heavy atom. The first-order valence-electron chi connectivity index (χ1n) is 11.2. The highest BCUT2D eigenvalue weighted by molar-refractivity contribution is 5.97. The molecule has 0 aromatic heterocycles. The van der Waals surface area contributed by atoms with Crippen LogP contribution in [0.1, 0.15) is 31.1 Å². The Hall–Kier alpha value is -4.00. The molecule has 0 saturated carbocycles. The van der Waals surface area contributed by atoms with Gasteiger partial charge in [-0.3, -0.25) is 9.59 Å². The predicted octanol–water partition coefficient (Wildman–Crippen LogP) is 4.72. The van der Waals surface area contributed by atoms with Gasteiger partial charge in [0.1, 0.15) is 24.7 Å². The van der Waals surface area contributed by atoms with E-state index in [2.05, 4.69) is 16.0 Å². The molecule has 3 rings (SSSR count). The second-order valence-corrected chi connectivity index (χ2v) is 8.72. The summed E-state index contributed by atoms with van der Waals surface area (Å²) in [7, 11) is 0. The van der Waals surface area contributed by atoms with E-state index in [4.69, 9.17) is 9.47 Å². The molecule has 3 aromatic rings. The van der Waals surface area contributed by atoms with Crippen LogP contribution < -0.4 is 25.4 Å². The summed E-state index contributed by atoms with van der Waals surface area (Å²) < 4.78 is 11.4. The maximum atomic E-state index is 12.3. The van der Waals surface area contributed by atoms with Crippen LogP contribution in [-0.4, -0.2) is 37.1 Å². The molecule has 2 amide bonds. The third kappa shape index (κ3) is 8.50. The van der Waals surface area contributed by atoms with Crippen LogP contribution in [0.3, 0.4) is 0 Å². The molecule has 0 fully saturated rings. The Morgan fingerprint density at radius 3 is 2.09 bits per heavy atom. The van der Waals surface area contributed by atoms with Gasteiger partial charge in [-0.2, -0.15) is 0 Å². The van der Waals surface area contributed by atoms with Crippen molar-refractivity contribution in [1.82, 2.24) is 5.32 Å². The summed E-state index contributed by atoms with van der Waals surface area (Å²) in [4.78, 5) is 24.5. The average molecular weight is 462 g/mol. The maximum Gasteiger partial charge on any atom is 0.251 e. The first-order chi connectivity index (χ1) is 16.3. The molecule has 0 atom stereocenters. The van der Waals surface area contributed by atoms with Gasteiger partial charge in [0.2, 0.25) is 5.91 Å². The minimum Gasteiger partial charge on any atom is -0.490 e. The summed E-state index contributed by atoms with van der Waals surface area (Å²) in [5, 5.41) is 8.82. The Labute approximate surface area is 200 Å². The van der Waals surface area contributed by atoms with Gasteiger partial charge in [-0.25, -0.2) is 0 Å². The van der Waals surface area contributed by atoms with Crippen LogP contribution in [0.4, 0.5) is 11.4 Å². The van der Waals surface area contributed by atoms with E-state index in [0.717, 1.165) is 11.4 Å². The predicted molar refractivity (Wildman–Crippen MR) is 135 cm³/mol. The van der Waals surface area contributed by atoms with Crippen LogP contribution in [0.5, 0.6) is 11.5 Å². The molecular weight excluding hydrogens is 430 g/mol. The van der Waals surface area contributed by atoms with Gasteiger partial charge < -0.3 is 25.4 Å². The van der Waals surface area contributed by atoms with E-state index in [1.54, 1.807) is 24.3 Å². The molecule has 7 heteroatoms. The minimum absolute atomic E-state index is 0.0901. The van der Waals surface area contributed by atoms with Gasteiger partial charge in [-0.05, 0) is 69.3 Å². The Bertz CT molecular complexity index is 1080. The van der Waals surface area contributed by atoms with Crippen LogP contribution in [-0.2, 0) is 4.79 Å². The first-order valence-corrected chi connectivity index (χ1v) is 11.2. The molecule has 0 aliphatic heterocycles. The number of rotatable bonds is 10. The van der Waals surface area contributed by atoms with Gasteiger partial charge in [-0.1, -0.05) is 24.3 Å². The highest BCUT2D eigenvalue weighted by Crippen LogP contribution is 2.18. The van der Waals surface area contributed by atoms with Crippen molar-refractivity contribution < 1.29 is 19.1 Å². The van der Waals surface area contributed by atoms with Gasteiger partial charge in [0.15, 0.2) is 0 Å². The van der Waals surface area contributed by atoms with Crippen LogP contribution in [0.2, 0.25) is 0 Å². The van der Waals surface area contributed by atoms with Gasteiger partial charge in [0.05, 0.1) is 6.54 Å². The van der Waals surface area contributed by atoms with Crippen molar-refractivity contribution in [2.45, 2.75) is 26.3 Å². The van der Waals surface area contributed by atoms with E-state index >= 15 is 0 Å². The zero-order valence-electron chi connectivity index (χ0n) is 19.8. The minimum atomic E-state index is -0.312. The monoisotopic (exact) mass is 461 g/mol. The van der Waals surface area contributed by atoms with Gasteiger partial charge in [-0.15, -0.1) is 0 Å². The first kappa shape index (κ1) is 24.6. The number of hydrogen-bond acceptors (Lipinski definition) is 5. The summed E-state index contributed by atoms with van der Waals surface area (Å²) >= 11 is 0. The number of benzene rings is 3. The van der Waals surface area contributed by atoms with E-state index in [1.165, 1.54) is 0 Å². The molecule has 0 heterocycles. The SMILES string of the molecule is CC(C)(C)NC(=O)c1ccc(NC(=O)CNc2cccc(OCCOc3ccccc3)c2)cc1. The van der Waals surface area contributed by atoms with E-state index in [-0.39, 0.29) is 23.9 Å². The number of carbonyl (C=O) groups excluding carboxylic acids is 2. The lowest BCUT2D eigenvalue weighted by Crippen LogP contribution is -2.40. The molecule has 0 unspecified atom stereocenters. The number of amides is 2. The zero-order valence-corrected chi connectivity index (χ0v) is 19.8. The van der Waals surface area contributed by atoms with Crippen molar-refractivity contribution in [3.05, 3.63) is 84.4 Å². The molecule has 34 heavy (non-hydrogen) atoms. The fourth-order valence-corrected chi connectivity index (χ4v) is 3.04. The normalized spacial score (nSPS) is 10.8. The Balaban J connectivity index is 1.41. The lowest BCUT2D eigenvalue weighted by Gasteiger charge is -2.20. The zero-order chi connectivity index (χ0) is 24.4. The van der Waals surface area contributed by atoms with Crippen LogP contribution in [0.15, 0.2) is 78.9 Å². The average Bonchev–Trinajstić information content (AvgIpc) is 2.81. The van der Waals surface area contributed by atoms with Gasteiger partial charge >= 0.3 is 0 Å². The Morgan fingerprint density at radius 1 is 0.765 bits per heavy atom. The topological polar surface area (TPSA) is 88.7 Å². The quantitative estimate of drug-likeness (QED) is 0.380. The molecule has 0 radical (unpaired) electrons. The molecule has 3 N–H and O–H groups in total. The third-order valence-corrected chi connectivity index (χ3v) is 4.57. The van der Waals surface area contributed by atoms with E-state index in [0.29, 0.717) is 30.2 Å². The third-order valence-electron chi connectivity index (χ3n) is 4.57. The van der Waals surface area contributed by atoms with E-state index in [9.17, 15) is 9.59 Å². The fraction of sp³-hybridized carbons (Fsp3) is 0.259. The Kier molecular flexibility index (Phi) is 8.51. The van der Waals surface area contributed by atoms with Crippen molar-refractivity contribution in [2.24, 2.45) is 0 Å². The summed E-state index contributed by atoms with van der Waals surface area (Å²) in [6, 6.07) is 23.8. The highest BCUT2D eigenvalue weighted by atomic mass is 16.5. The molecule has 0 aliphatic rings. The summed E-state index contributed by atoms with van der Waals surface area (Å²) in [5.74, 6) is 1.14. The molecule has 178 valence electrons. The molecule has 0 saturated heterocycles. The highest BCUT2D eigenvalue weighted by Gasteiger charge is 2.15. The van der Waals surface area contributed by atoms with Crippen molar-refractivity contribution in [1.29, 1.82) is 0 Å². The molecule has 7 nitrogen and oxygen atoms in total. The number of ether oxygens (including phenoxy) is 2. The molecule has 0 aliphatic carbocycles.